The van der Waals surface area contributed by atoms with Crippen LogP contribution in [0.4, 0.5) is 10.1 Å². The van der Waals surface area contributed by atoms with Gasteiger partial charge in [-0.3, -0.25) is 4.79 Å². The van der Waals surface area contributed by atoms with Gasteiger partial charge in [-0.15, -0.1) is 0 Å². The topological polar surface area (TPSA) is 41.1 Å². The molecule has 0 radical (unpaired) electrons. The molecular formula is C14H16BrFN2O. The molecule has 0 aromatic heterocycles. The number of fused-ring (bicyclic) bond motifs is 1. The van der Waals surface area contributed by atoms with Crippen molar-refractivity contribution in [3.05, 3.63) is 28.5 Å². The van der Waals surface area contributed by atoms with E-state index in [9.17, 15) is 9.18 Å². The predicted molar refractivity (Wildman–Crippen MR) is 75.4 cm³/mol. The summed E-state index contributed by atoms with van der Waals surface area (Å²) in [5, 5.41) is 6.11. The van der Waals surface area contributed by atoms with E-state index in [1.54, 1.807) is 6.07 Å². The van der Waals surface area contributed by atoms with Gasteiger partial charge in [-0.05, 0) is 65.4 Å². The largest absolute Gasteiger partial charge is 0.324 e. The van der Waals surface area contributed by atoms with Gasteiger partial charge in [-0.2, -0.15) is 0 Å². The van der Waals surface area contributed by atoms with Crippen molar-refractivity contribution in [1.29, 1.82) is 0 Å². The molecule has 2 fully saturated rings. The summed E-state index contributed by atoms with van der Waals surface area (Å²) in [6.07, 6.45) is 3.54. The van der Waals surface area contributed by atoms with Gasteiger partial charge in [0.15, 0.2) is 0 Å². The zero-order valence-electron chi connectivity index (χ0n) is 10.5. The molecule has 2 aliphatic rings. The molecule has 1 saturated heterocycles. The number of carbonyl (C=O) groups is 1. The summed E-state index contributed by atoms with van der Waals surface area (Å²) < 4.78 is 13.9. The number of hydrogen-bond acceptors (Lipinski definition) is 2. The Morgan fingerprint density at radius 3 is 3.11 bits per heavy atom. The van der Waals surface area contributed by atoms with E-state index < -0.39 is 0 Å². The van der Waals surface area contributed by atoms with Gasteiger partial charge in [0.2, 0.25) is 5.91 Å². The number of hydrogen-bond donors (Lipinski definition) is 2. The molecule has 3 atom stereocenters. The minimum Gasteiger partial charge on any atom is -0.324 e. The Labute approximate surface area is 120 Å². The molecule has 19 heavy (non-hydrogen) atoms. The lowest BCUT2D eigenvalue weighted by atomic mass is 9.93. The number of carbonyl (C=O) groups excluding carboxylic acids is 1. The average Bonchev–Trinajstić information content (AvgIpc) is 2.95. The third-order valence-corrected chi connectivity index (χ3v) is 4.91. The highest BCUT2D eigenvalue weighted by molar-refractivity contribution is 9.10. The van der Waals surface area contributed by atoms with Gasteiger partial charge in [0.05, 0.1) is 11.7 Å². The van der Waals surface area contributed by atoms with Crippen LogP contribution >= 0.6 is 15.9 Å². The van der Waals surface area contributed by atoms with Crippen LogP contribution in [-0.4, -0.2) is 18.5 Å². The Hall–Kier alpha value is -0.940. The van der Waals surface area contributed by atoms with Gasteiger partial charge >= 0.3 is 0 Å². The molecule has 3 unspecified atom stereocenters. The first-order valence-corrected chi connectivity index (χ1v) is 7.44. The number of amides is 1. The summed E-state index contributed by atoms with van der Waals surface area (Å²) in [5.41, 5.74) is 0.494. The fraction of sp³-hybridized carbons (Fsp3) is 0.500. The van der Waals surface area contributed by atoms with Gasteiger partial charge in [0.25, 0.3) is 0 Å². The van der Waals surface area contributed by atoms with Gasteiger partial charge in [0.1, 0.15) is 5.82 Å². The van der Waals surface area contributed by atoms with Crippen LogP contribution in [0.15, 0.2) is 22.7 Å². The van der Waals surface area contributed by atoms with Gasteiger partial charge in [-0.25, -0.2) is 4.39 Å². The Kier molecular flexibility index (Phi) is 3.58. The Morgan fingerprint density at radius 1 is 1.42 bits per heavy atom. The monoisotopic (exact) mass is 326 g/mol. The standard InChI is InChI=1S/C14H16BrFN2O/c15-11-5-4-9(16)6-12(11)18-14(19)13-10-3-1-2-8(10)7-17-13/h4-6,8,10,13,17H,1-3,7H2,(H,18,19). The van der Waals surface area contributed by atoms with Crippen molar-refractivity contribution in [3.63, 3.8) is 0 Å². The predicted octanol–water partition coefficient (Wildman–Crippen LogP) is 2.91. The van der Waals surface area contributed by atoms with E-state index in [4.69, 9.17) is 0 Å². The molecule has 1 amide bonds. The Morgan fingerprint density at radius 2 is 2.26 bits per heavy atom. The van der Waals surface area contributed by atoms with E-state index in [0.29, 0.717) is 22.0 Å². The number of nitrogens with one attached hydrogen (secondary N) is 2. The van der Waals surface area contributed by atoms with Crippen molar-refractivity contribution >= 4 is 27.5 Å². The van der Waals surface area contributed by atoms with E-state index in [1.807, 2.05) is 0 Å². The molecule has 3 rings (SSSR count). The lowest BCUT2D eigenvalue weighted by Crippen LogP contribution is -2.39. The van der Waals surface area contributed by atoms with Crippen LogP contribution in [0.1, 0.15) is 19.3 Å². The van der Waals surface area contributed by atoms with Crippen LogP contribution in [0.2, 0.25) is 0 Å². The molecule has 5 heteroatoms. The molecular weight excluding hydrogens is 311 g/mol. The van der Waals surface area contributed by atoms with Crippen molar-refractivity contribution in [2.75, 3.05) is 11.9 Å². The van der Waals surface area contributed by atoms with E-state index in [-0.39, 0.29) is 17.8 Å². The number of benzene rings is 1. The van der Waals surface area contributed by atoms with Crippen molar-refractivity contribution in [2.24, 2.45) is 11.8 Å². The molecule has 1 aliphatic heterocycles. The van der Waals surface area contributed by atoms with Crippen LogP contribution in [0.3, 0.4) is 0 Å². The van der Waals surface area contributed by atoms with Gasteiger partial charge in [0, 0.05) is 4.47 Å². The van der Waals surface area contributed by atoms with Crippen LogP contribution in [0.5, 0.6) is 0 Å². The highest BCUT2D eigenvalue weighted by Gasteiger charge is 2.42. The van der Waals surface area contributed by atoms with Crippen LogP contribution in [0.25, 0.3) is 0 Å². The maximum atomic E-state index is 13.2. The lowest BCUT2D eigenvalue weighted by molar-refractivity contribution is -0.118. The van der Waals surface area contributed by atoms with Crippen LogP contribution < -0.4 is 10.6 Å². The fourth-order valence-corrected chi connectivity index (χ4v) is 3.62. The van der Waals surface area contributed by atoms with Crippen LogP contribution in [0, 0.1) is 17.7 Å². The maximum Gasteiger partial charge on any atom is 0.241 e. The second-order valence-corrected chi connectivity index (χ2v) is 6.21. The Balaban J connectivity index is 1.73. The molecule has 1 aromatic rings. The summed E-state index contributed by atoms with van der Waals surface area (Å²) in [6, 6.07) is 4.16. The highest BCUT2D eigenvalue weighted by atomic mass is 79.9. The van der Waals surface area contributed by atoms with Crippen molar-refractivity contribution < 1.29 is 9.18 Å². The highest BCUT2D eigenvalue weighted by Crippen LogP contribution is 2.38. The number of rotatable bonds is 2. The molecule has 102 valence electrons. The zero-order chi connectivity index (χ0) is 13.4. The SMILES string of the molecule is O=C(Nc1cc(F)ccc1Br)C1NCC2CCCC21. The quantitative estimate of drug-likeness (QED) is 0.877. The second-order valence-electron chi connectivity index (χ2n) is 5.35. The first-order valence-electron chi connectivity index (χ1n) is 6.64. The lowest BCUT2D eigenvalue weighted by Gasteiger charge is -2.18. The fourth-order valence-electron chi connectivity index (χ4n) is 3.28. The van der Waals surface area contributed by atoms with Gasteiger partial charge < -0.3 is 10.6 Å². The van der Waals surface area contributed by atoms with Crippen molar-refractivity contribution in [3.8, 4) is 0 Å². The maximum absolute atomic E-state index is 13.2. The molecule has 0 bridgehead atoms. The van der Waals surface area contributed by atoms with E-state index in [0.717, 1.165) is 13.0 Å². The average molecular weight is 327 g/mol. The molecule has 1 heterocycles. The molecule has 1 saturated carbocycles. The molecule has 3 nitrogen and oxygen atoms in total. The van der Waals surface area contributed by atoms with Crippen molar-refractivity contribution in [2.45, 2.75) is 25.3 Å². The van der Waals surface area contributed by atoms with Crippen molar-refractivity contribution in [1.82, 2.24) is 5.32 Å². The summed E-state index contributed by atoms with van der Waals surface area (Å²) in [7, 11) is 0. The molecule has 1 aliphatic carbocycles. The molecule has 0 spiro atoms. The van der Waals surface area contributed by atoms with E-state index >= 15 is 0 Å². The summed E-state index contributed by atoms with van der Waals surface area (Å²) >= 11 is 3.32. The van der Waals surface area contributed by atoms with E-state index in [1.165, 1.54) is 25.0 Å². The van der Waals surface area contributed by atoms with Crippen LogP contribution in [-0.2, 0) is 4.79 Å². The number of halogens is 2. The summed E-state index contributed by atoms with van der Waals surface area (Å²) in [6.45, 7) is 0.924. The first kappa shape index (κ1) is 13.1. The zero-order valence-corrected chi connectivity index (χ0v) is 12.0. The second kappa shape index (κ2) is 5.21. The molecule has 2 N–H and O–H groups in total. The minimum absolute atomic E-state index is 0.0549. The summed E-state index contributed by atoms with van der Waals surface area (Å²) in [4.78, 5) is 12.3. The normalized spacial score (nSPS) is 29.3. The third-order valence-electron chi connectivity index (χ3n) is 4.21. The molecule has 1 aromatic carbocycles. The first-order chi connectivity index (χ1) is 9.15. The Bertz CT molecular complexity index is 508. The smallest absolute Gasteiger partial charge is 0.241 e. The minimum atomic E-state index is -0.350. The summed E-state index contributed by atoms with van der Waals surface area (Å²) in [5.74, 6) is 0.663. The van der Waals surface area contributed by atoms with E-state index in [2.05, 4.69) is 26.6 Å². The van der Waals surface area contributed by atoms with Gasteiger partial charge in [-0.1, -0.05) is 6.42 Å². The number of anilines is 1. The third kappa shape index (κ3) is 2.54.